The lowest BCUT2D eigenvalue weighted by atomic mass is 9.97. The van der Waals surface area contributed by atoms with Crippen molar-refractivity contribution < 1.29 is 9.47 Å². The van der Waals surface area contributed by atoms with Crippen molar-refractivity contribution in [2.45, 2.75) is 44.0 Å². The Labute approximate surface area is 115 Å². The number of ether oxygens (including phenoxy) is 2. The number of methoxy groups -OCH3 is 1. The summed E-state index contributed by atoms with van der Waals surface area (Å²) in [5.74, 6) is 0. The van der Waals surface area contributed by atoms with E-state index in [-0.39, 0.29) is 11.7 Å². The van der Waals surface area contributed by atoms with Crippen molar-refractivity contribution in [1.29, 1.82) is 0 Å². The van der Waals surface area contributed by atoms with E-state index in [1.54, 1.807) is 7.11 Å². The van der Waals surface area contributed by atoms with E-state index < -0.39 is 0 Å². The number of hydrogen-bond donors (Lipinski definition) is 1. The quantitative estimate of drug-likeness (QED) is 0.907. The normalized spacial score (nSPS) is 25.8. The van der Waals surface area contributed by atoms with Crippen LogP contribution < -0.4 is 5.32 Å². The monoisotopic (exact) mass is 261 g/mol. The molecule has 1 N–H and O–H groups in total. The van der Waals surface area contributed by atoms with Crippen LogP contribution >= 0.6 is 0 Å². The zero-order valence-corrected chi connectivity index (χ0v) is 11.7. The highest BCUT2D eigenvalue weighted by Gasteiger charge is 2.39. The zero-order chi connectivity index (χ0) is 13.1. The molecule has 104 valence electrons. The summed E-state index contributed by atoms with van der Waals surface area (Å²) in [6, 6.07) is 8.62. The molecule has 0 aromatic heterocycles. The van der Waals surface area contributed by atoms with Crippen LogP contribution in [0.2, 0.25) is 0 Å². The molecule has 1 aliphatic heterocycles. The van der Waals surface area contributed by atoms with Gasteiger partial charge in [0.25, 0.3) is 0 Å². The number of morpholine rings is 1. The van der Waals surface area contributed by atoms with Gasteiger partial charge in [-0.25, -0.2) is 0 Å². The van der Waals surface area contributed by atoms with Crippen LogP contribution in [0.25, 0.3) is 0 Å². The first-order valence-electron chi connectivity index (χ1n) is 7.28. The maximum Gasteiger partial charge on any atom is 0.0957 e. The molecule has 0 amide bonds. The smallest absolute Gasteiger partial charge is 0.0957 e. The Kier molecular flexibility index (Phi) is 3.87. The fourth-order valence-corrected chi connectivity index (χ4v) is 3.31. The van der Waals surface area contributed by atoms with Crippen molar-refractivity contribution in [2.24, 2.45) is 0 Å². The number of rotatable bonds is 3. The van der Waals surface area contributed by atoms with Gasteiger partial charge in [0.2, 0.25) is 0 Å². The minimum absolute atomic E-state index is 0.105. The van der Waals surface area contributed by atoms with Crippen LogP contribution in [0.15, 0.2) is 24.3 Å². The molecule has 19 heavy (non-hydrogen) atoms. The second-order valence-corrected chi connectivity index (χ2v) is 5.80. The fourth-order valence-electron chi connectivity index (χ4n) is 3.31. The summed E-state index contributed by atoms with van der Waals surface area (Å²) in [6.07, 6.45) is 5.22. The molecule has 2 aliphatic rings. The molecule has 3 nitrogen and oxygen atoms in total. The predicted octanol–water partition coefficient (Wildman–Crippen LogP) is 2.81. The first kappa shape index (κ1) is 13.1. The number of hydrogen-bond acceptors (Lipinski definition) is 3. The van der Waals surface area contributed by atoms with Crippen molar-refractivity contribution in [3.8, 4) is 0 Å². The van der Waals surface area contributed by atoms with Gasteiger partial charge >= 0.3 is 0 Å². The molecule has 2 fully saturated rings. The highest BCUT2D eigenvalue weighted by molar-refractivity contribution is 5.24. The van der Waals surface area contributed by atoms with Gasteiger partial charge in [0.15, 0.2) is 0 Å². The second kappa shape index (κ2) is 5.61. The number of nitrogens with one attached hydrogen (secondary N) is 1. The van der Waals surface area contributed by atoms with E-state index in [9.17, 15) is 0 Å². The van der Waals surface area contributed by atoms with E-state index >= 15 is 0 Å². The van der Waals surface area contributed by atoms with E-state index in [0.717, 1.165) is 13.1 Å². The van der Waals surface area contributed by atoms with E-state index in [0.29, 0.717) is 6.61 Å². The van der Waals surface area contributed by atoms with Gasteiger partial charge in [0, 0.05) is 20.2 Å². The molecule has 1 saturated carbocycles. The molecular formula is C16H23NO2. The Bertz CT molecular complexity index is 409. The fraction of sp³-hybridized carbons (Fsp3) is 0.625. The summed E-state index contributed by atoms with van der Waals surface area (Å²) in [7, 11) is 1.73. The summed E-state index contributed by atoms with van der Waals surface area (Å²) in [4.78, 5) is 0. The molecule has 3 heteroatoms. The van der Waals surface area contributed by atoms with E-state index in [2.05, 4.69) is 29.6 Å². The SMILES string of the molecule is COCc1ccc(C2CNCC3(CCCC3)O2)cc1. The molecule has 1 spiro atoms. The van der Waals surface area contributed by atoms with Gasteiger partial charge in [-0.1, -0.05) is 37.1 Å². The largest absolute Gasteiger partial charge is 0.380 e. The van der Waals surface area contributed by atoms with E-state index in [1.165, 1.54) is 36.8 Å². The molecule has 0 bridgehead atoms. The second-order valence-electron chi connectivity index (χ2n) is 5.80. The molecule has 1 aromatic rings. The van der Waals surface area contributed by atoms with Crippen molar-refractivity contribution in [3.63, 3.8) is 0 Å². The van der Waals surface area contributed by atoms with Crippen molar-refractivity contribution in [3.05, 3.63) is 35.4 Å². The van der Waals surface area contributed by atoms with Gasteiger partial charge in [-0.15, -0.1) is 0 Å². The van der Waals surface area contributed by atoms with Crippen molar-refractivity contribution in [1.82, 2.24) is 5.32 Å². The highest BCUT2D eigenvalue weighted by Crippen LogP contribution is 2.39. The third kappa shape index (κ3) is 2.83. The molecule has 1 heterocycles. The molecule has 1 aromatic carbocycles. The highest BCUT2D eigenvalue weighted by atomic mass is 16.5. The molecule has 1 saturated heterocycles. The predicted molar refractivity (Wildman–Crippen MR) is 75.0 cm³/mol. The molecular weight excluding hydrogens is 238 g/mol. The van der Waals surface area contributed by atoms with Crippen LogP contribution in [-0.2, 0) is 16.1 Å². The van der Waals surface area contributed by atoms with Crippen LogP contribution in [0.4, 0.5) is 0 Å². The lowest BCUT2D eigenvalue weighted by Crippen LogP contribution is -2.49. The summed E-state index contributed by atoms with van der Waals surface area (Å²) < 4.78 is 11.6. The minimum atomic E-state index is 0.105. The Morgan fingerprint density at radius 1 is 1.26 bits per heavy atom. The molecule has 0 radical (unpaired) electrons. The van der Waals surface area contributed by atoms with Gasteiger partial charge in [0.1, 0.15) is 0 Å². The Morgan fingerprint density at radius 2 is 2.00 bits per heavy atom. The minimum Gasteiger partial charge on any atom is -0.380 e. The lowest BCUT2D eigenvalue weighted by molar-refractivity contribution is -0.114. The Morgan fingerprint density at radius 3 is 2.68 bits per heavy atom. The van der Waals surface area contributed by atoms with Crippen molar-refractivity contribution >= 4 is 0 Å². The first-order chi connectivity index (χ1) is 9.31. The molecule has 1 atom stereocenters. The average Bonchev–Trinajstić information content (AvgIpc) is 2.88. The van der Waals surface area contributed by atoms with Crippen molar-refractivity contribution in [2.75, 3.05) is 20.2 Å². The first-order valence-corrected chi connectivity index (χ1v) is 7.28. The van der Waals surface area contributed by atoms with Crippen LogP contribution in [0.5, 0.6) is 0 Å². The molecule has 1 aliphatic carbocycles. The molecule has 3 rings (SSSR count). The average molecular weight is 261 g/mol. The summed E-state index contributed by atoms with van der Waals surface area (Å²) in [6.45, 7) is 2.62. The molecule has 1 unspecified atom stereocenters. The standard InChI is InChI=1S/C16H23NO2/c1-18-11-13-4-6-14(7-5-13)15-10-17-12-16(19-15)8-2-3-9-16/h4-7,15,17H,2-3,8-12H2,1H3. The summed E-state index contributed by atoms with van der Waals surface area (Å²) in [5.41, 5.74) is 2.60. The summed E-state index contributed by atoms with van der Waals surface area (Å²) in [5, 5.41) is 3.56. The zero-order valence-electron chi connectivity index (χ0n) is 11.7. The maximum atomic E-state index is 6.43. The lowest BCUT2D eigenvalue weighted by Gasteiger charge is -2.39. The van der Waals surface area contributed by atoms with E-state index in [1.807, 2.05) is 0 Å². The van der Waals surface area contributed by atoms with Crippen LogP contribution in [0, 0.1) is 0 Å². The van der Waals surface area contributed by atoms with Gasteiger partial charge < -0.3 is 14.8 Å². The maximum absolute atomic E-state index is 6.43. The van der Waals surface area contributed by atoms with Gasteiger partial charge in [0.05, 0.1) is 18.3 Å². The van der Waals surface area contributed by atoms with Crippen LogP contribution in [0.1, 0.15) is 42.9 Å². The topological polar surface area (TPSA) is 30.5 Å². The van der Waals surface area contributed by atoms with Gasteiger partial charge in [-0.2, -0.15) is 0 Å². The van der Waals surface area contributed by atoms with Gasteiger partial charge in [-0.3, -0.25) is 0 Å². The third-order valence-corrected chi connectivity index (χ3v) is 4.35. The third-order valence-electron chi connectivity index (χ3n) is 4.35. The number of benzene rings is 1. The van der Waals surface area contributed by atoms with Crippen LogP contribution in [0.3, 0.4) is 0 Å². The summed E-state index contributed by atoms with van der Waals surface area (Å²) >= 11 is 0. The van der Waals surface area contributed by atoms with Gasteiger partial charge in [-0.05, 0) is 24.0 Å². The Hall–Kier alpha value is -0.900. The van der Waals surface area contributed by atoms with E-state index in [4.69, 9.17) is 9.47 Å². The Balaban J connectivity index is 1.70. The van der Waals surface area contributed by atoms with Crippen LogP contribution in [-0.4, -0.2) is 25.8 Å².